The number of hydrogen-bond donors (Lipinski definition) is 1. The van der Waals surface area contributed by atoms with Gasteiger partial charge in [-0.3, -0.25) is 9.59 Å². The first kappa shape index (κ1) is 16.3. The number of carbonyl (C=O) groups excluding carboxylic acids is 2. The fourth-order valence-electron chi connectivity index (χ4n) is 3.79. The average Bonchev–Trinajstić information content (AvgIpc) is 3.32. The summed E-state index contributed by atoms with van der Waals surface area (Å²) in [5, 5.41) is 4.99. The minimum atomic E-state index is -0.0133. The number of rotatable bonds is 3. The predicted octanol–water partition coefficient (Wildman–Crippen LogP) is 3.73. The number of piperidine rings is 1. The summed E-state index contributed by atoms with van der Waals surface area (Å²) in [7, 11) is 0. The van der Waals surface area contributed by atoms with Crippen LogP contribution in [-0.2, 0) is 17.6 Å². The maximum absolute atomic E-state index is 12.6. The van der Waals surface area contributed by atoms with Crippen LogP contribution >= 0.6 is 11.3 Å². The van der Waals surface area contributed by atoms with Gasteiger partial charge in [0, 0.05) is 24.7 Å². The molecule has 1 saturated heterocycles. The lowest BCUT2D eigenvalue weighted by Crippen LogP contribution is -2.41. The Morgan fingerprint density at radius 3 is 2.64 bits per heavy atom. The van der Waals surface area contributed by atoms with Crippen molar-refractivity contribution in [2.45, 2.75) is 32.1 Å². The van der Waals surface area contributed by atoms with Crippen LogP contribution in [-0.4, -0.2) is 29.8 Å². The summed E-state index contributed by atoms with van der Waals surface area (Å²) in [6.45, 7) is 1.30. The molecule has 25 heavy (non-hydrogen) atoms. The number of likely N-dealkylation sites (tertiary alicyclic amines) is 1. The molecule has 1 N–H and O–H groups in total. The van der Waals surface area contributed by atoms with E-state index < -0.39 is 0 Å². The number of anilines is 1. The molecule has 0 spiro atoms. The van der Waals surface area contributed by atoms with Crippen LogP contribution in [0.25, 0.3) is 0 Å². The smallest absolute Gasteiger partial charge is 0.263 e. The third kappa shape index (κ3) is 3.47. The molecule has 1 aliphatic heterocycles. The summed E-state index contributed by atoms with van der Waals surface area (Å²) in [4.78, 5) is 27.6. The van der Waals surface area contributed by atoms with E-state index >= 15 is 0 Å². The van der Waals surface area contributed by atoms with Gasteiger partial charge in [0.2, 0.25) is 5.91 Å². The van der Waals surface area contributed by atoms with Crippen molar-refractivity contribution in [1.82, 2.24) is 4.90 Å². The van der Waals surface area contributed by atoms with Crippen molar-refractivity contribution in [3.8, 4) is 0 Å². The Kier molecular flexibility index (Phi) is 4.57. The number of fused-ring (bicyclic) bond motifs is 1. The van der Waals surface area contributed by atoms with Crippen molar-refractivity contribution in [1.29, 1.82) is 0 Å². The van der Waals surface area contributed by atoms with Gasteiger partial charge >= 0.3 is 0 Å². The lowest BCUT2D eigenvalue weighted by molar-refractivity contribution is -0.121. The van der Waals surface area contributed by atoms with Crippen molar-refractivity contribution < 1.29 is 9.59 Å². The molecule has 0 radical (unpaired) electrons. The van der Waals surface area contributed by atoms with E-state index in [2.05, 4.69) is 17.4 Å². The number of nitrogens with one attached hydrogen (secondary N) is 1. The summed E-state index contributed by atoms with van der Waals surface area (Å²) in [6.07, 6.45) is 4.94. The monoisotopic (exact) mass is 354 g/mol. The first-order chi connectivity index (χ1) is 12.2. The lowest BCUT2D eigenvalue weighted by Gasteiger charge is -2.31. The Morgan fingerprint density at radius 1 is 1.08 bits per heavy atom. The van der Waals surface area contributed by atoms with Crippen LogP contribution in [0.2, 0.25) is 0 Å². The maximum atomic E-state index is 12.6. The summed E-state index contributed by atoms with van der Waals surface area (Å²) < 4.78 is 0. The third-order valence-electron chi connectivity index (χ3n) is 5.25. The number of carbonyl (C=O) groups is 2. The molecule has 2 aromatic rings. The number of benzene rings is 1. The highest BCUT2D eigenvalue weighted by molar-refractivity contribution is 7.12. The largest absolute Gasteiger partial charge is 0.338 e. The Labute approximate surface area is 151 Å². The molecule has 5 heteroatoms. The standard InChI is InChI=1S/C20H22N2O2S/c23-19(21-17-7-6-14-3-1-4-16(14)13-17)15-8-10-22(11-9-15)20(24)18-5-2-12-25-18/h2,5-7,12-13,15H,1,3-4,8-11H2,(H,21,23). The van der Waals surface area contributed by atoms with Crippen LogP contribution in [0.3, 0.4) is 0 Å². The summed E-state index contributed by atoms with van der Waals surface area (Å²) in [6, 6.07) is 10.0. The molecule has 2 heterocycles. The van der Waals surface area contributed by atoms with Gasteiger partial charge in [-0.05, 0) is 66.8 Å². The van der Waals surface area contributed by atoms with E-state index in [0.29, 0.717) is 13.1 Å². The van der Waals surface area contributed by atoms with Gasteiger partial charge in [0.05, 0.1) is 4.88 Å². The number of nitrogens with zero attached hydrogens (tertiary/aromatic N) is 1. The second-order valence-corrected chi connectivity index (χ2v) is 7.82. The zero-order valence-corrected chi connectivity index (χ0v) is 15.0. The minimum Gasteiger partial charge on any atom is -0.338 e. The van der Waals surface area contributed by atoms with E-state index in [1.807, 2.05) is 28.5 Å². The molecule has 0 saturated carbocycles. The molecule has 0 atom stereocenters. The number of aryl methyl sites for hydroxylation is 2. The number of hydrogen-bond acceptors (Lipinski definition) is 3. The van der Waals surface area contributed by atoms with Gasteiger partial charge < -0.3 is 10.2 Å². The molecule has 0 bridgehead atoms. The summed E-state index contributed by atoms with van der Waals surface area (Å²) in [5.41, 5.74) is 3.69. The van der Waals surface area contributed by atoms with Crippen molar-refractivity contribution >= 4 is 28.8 Å². The Morgan fingerprint density at radius 2 is 1.88 bits per heavy atom. The minimum absolute atomic E-state index is 0.0133. The summed E-state index contributed by atoms with van der Waals surface area (Å²) >= 11 is 1.47. The van der Waals surface area contributed by atoms with Gasteiger partial charge in [-0.2, -0.15) is 0 Å². The zero-order valence-electron chi connectivity index (χ0n) is 14.2. The van der Waals surface area contributed by atoms with Crippen molar-refractivity contribution in [2.75, 3.05) is 18.4 Å². The first-order valence-electron chi connectivity index (χ1n) is 8.96. The normalized spacial score (nSPS) is 17.4. The van der Waals surface area contributed by atoms with Gasteiger partial charge in [0.15, 0.2) is 0 Å². The van der Waals surface area contributed by atoms with E-state index in [1.54, 1.807) is 0 Å². The second kappa shape index (κ2) is 7.00. The van der Waals surface area contributed by atoms with Crippen LogP contribution in [0, 0.1) is 5.92 Å². The SMILES string of the molecule is O=C(Nc1ccc2c(c1)CCC2)C1CCN(C(=O)c2cccs2)CC1. The summed E-state index contributed by atoms with van der Waals surface area (Å²) in [5.74, 6) is 0.161. The first-order valence-corrected chi connectivity index (χ1v) is 9.84. The van der Waals surface area contributed by atoms with Crippen molar-refractivity contribution in [2.24, 2.45) is 5.92 Å². The predicted molar refractivity (Wildman–Crippen MR) is 100 cm³/mol. The number of amides is 2. The van der Waals surface area contributed by atoms with Crippen LogP contribution in [0.4, 0.5) is 5.69 Å². The fourth-order valence-corrected chi connectivity index (χ4v) is 4.49. The van der Waals surface area contributed by atoms with E-state index in [-0.39, 0.29) is 17.7 Å². The van der Waals surface area contributed by atoms with Crippen LogP contribution in [0.5, 0.6) is 0 Å². The molecule has 1 aromatic carbocycles. The highest BCUT2D eigenvalue weighted by Crippen LogP contribution is 2.26. The topological polar surface area (TPSA) is 49.4 Å². The molecule has 2 amide bonds. The molecule has 4 rings (SSSR count). The molecule has 4 nitrogen and oxygen atoms in total. The number of thiophene rings is 1. The van der Waals surface area contributed by atoms with Crippen molar-refractivity contribution in [3.05, 3.63) is 51.7 Å². The van der Waals surface area contributed by atoms with E-state index in [9.17, 15) is 9.59 Å². The van der Waals surface area contributed by atoms with E-state index in [1.165, 1.54) is 28.9 Å². The molecule has 130 valence electrons. The average molecular weight is 354 g/mol. The van der Waals surface area contributed by atoms with Gasteiger partial charge in [0.1, 0.15) is 0 Å². The Balaban J connectivity index is 1.33. The highest BCUT2D eigenvalue weighted by atomic mass is 32.1. The molecule has 0 unspecified atom stereocenters. The van der Waals surface area contributed by atoms with Crippen molar-refractivity contribution in [3.63, 3.8) is 0 Å². The second-order valence-electron chi connectivity index (χ2n) is 6.87. The third-order valence-corrected chi connectivity index (χ3v) is 6.11. The Bertz CT molecular complexity index is 777. The van der Waals surface area contributed by atoms with E-state index in [0.717, 1.165) is 36.2 Å². The van der Waals surface area contributed by atoms with Crippen LogP contribution < -0.4 is 5.32 Å². The molecule has 1 aromatic heterocycles. The molecular weight excluding hydrogens is 332 g/mol. The highest BCUT2D eigenvalue weighted by Gasteiger charge is 2.28. The maximum Gasteiger partial charge on any atom is 0.263 e. The van der Waals surface area contributed by atoms with Gasteiger partial charge in [-0.1, -0.05) is 12.1 Å². The lowest BCUT2D eigenvalue weighted by atomic mass is 9.95. The zero-order chi connectivity index (χ0) is 17.2. The van der Waals surface area contributed by atoms with Crippen LogP contribution in [0.15, 0.2) is 35.7 Å². The Hall–Kier alpha value is -2.14. The molecular formula is C20H22N2O2S. The van der Waals surface area contributed by atoms with E-state index in [4.69, 9.17) is 0 Å². The fraction of sp³-hybridized carbons (Fsp3) is 0.400. The molecule has 1 aliphatic carbocycles. The quantitative estimate of drug-likeness (QED) is 0.913. The van der Waals surface area contributed by atoms with Gasteiger partial charge in [-0.15, -0.1) is 11.3 Å². The van der Waals surface area contributed by atoms with Gasteiger partial charge in [-0.25, -0.2) is 0 Å². The van der Waals surface area contributed by atoms with Gasteiger partial charge in [0.25, 0.3) is 5.91 Å². The molecule has 2 aliphatic rings. The molecule has 1 fully saturated rings. The van der Waals surface area contributed by atoms with Crippen LogP contribution in [0.1, 0.15) is 40.1 Å².